The quantitative estimate of drug-likeness (QED) is 0.723. The summed E-state index contributed by atoms with van der Waals surface area (Å²) in [6, 6.07) is 6.28. The first-order valence-corrected chi connectivity index (χ1v) is 8.19. The molecule has 2 amide bonds. The van der Waals surface area contributed by atoms with Crippen LogP contribution in [0.2, 0.25) is 0 Å². The molecule has 1 aromatic rings. The monoisotopic (exact) mass is 310 g/mol. The molecule has 0 aromatic heterocycles. The Labute approximate surface area is 129 Å². The summed E-state index contributed by atoms with van der Waals surface area (Å²) in [5, 5.41) is 14.4. The molecule has 2 atom stereocenters. The number of benzene rings is 1. The van der Waals surface area contributed by atoms with E-state index in [2.05, 4.69) is 10.6 Å². The molecule has 0 heterocycles. The molecule has 5 nitrogen and oxygen atoms in total. The van der Waals surface area contributed by atoms with Crippen LogP contribution in [-0.4, -0.2) is 35.2 Å². The van der Waals surface area contributed by atoms with Crippen LogP contribution in [0.3, 0.4) is 0 Å². The standard InChI is InChI=1S/C15H22N2O3S/c1-10-6-4-5-7-12(10)11(2)16-15(20)17-13(14(18)19)8-9-21-3/h4-7,11,13H,8-9H2,1-3H3,(H,18,19)(H2,16,17,20)/t11?,13-/m0/s1. The molecule has 0 bridgehead atoms. The number of hydrogen-bond donors (Lipinski definition) is 3. The third-order valence-electron chi connectivity index (χ3n) is 3.22. The fourth-order valence-corrected chi connectivity index (χ4v) is 2.51. The van der Waals surface area contributed by atoms with Gasteiger partial charge in [0.1, 0.15) is 6.04 Å². The van der Waals surface area contributed by atoms with E-state index in [1.54, 1.807) is 11.8 Å². The molecule has 6 heteroatoms. The van der Waals surface area contributed by atoms with E-state index in [0.29, 0.717) is 12.2 Å². The fourth-order valence-electron chi connectivity index (χ4n) is 2.04. The molecule has 3 N–H and O–H groups in total. The second-order valence-corrected chi connectivity index (χ2v) is 5.85. The third-order valence-corrected chi connectivity index (χ3v) is 3.86. The van der Waals surface area contributed by atoms with E-state index in [1.807, 2.05) is 44.4 Å². The highest BCUT2D eigenvalue weighted by Crippen LogP contribution is 2.16. The van der Waals surface area contributed by atoms with Gasteiger partial charge in [0.05, 0.1) is 6.04 Å². The highest BCUT2D eigenvalue weighted by atomic mass is 32.2. The number of hydrogen-bond acceptors (Lipinski definition) is 3. The van der Waals surface area contributed by atoms with Crippen LogP contribution in [0.15, 0.2) is 24.3 Å². The van der Waals surface area contributed by atoms with E-state index in [0.717, 1.165) is 11.1 Å². The average Bonchev–Trinajstić information content (AvgIpc) is 2.43. The molecule has 0 saturated heterocycles. The molecule has 21 heavy (non-hydrogen) atoms. The average molecular weight is 310 g/mol. The Morgan fingerprint density at radius 1 is 1.29 bits per heavy atom. The van der Waals surface area contributed by atoms with E-state index in [-0.39, 0.29) is 6.04 Å². The minimum absolute atomic E-state index is 0.179. The van der Waals surface area contributed by atoms with Crippen LogP contribution in [0, 0.1) is 6.92 Å². The molecule has 0 spiro atoms. The Morgan fingerprint density at radius 3 is 2.52 bits per heavy atom. The lowest BCUT2D eigenvalue weighted by Gasteiger charge is -2.19. The SMILES string of the molecule is CSCC[C@H](NC(=O)NC(C)c1ccccc1C)C(=O)O. The predicted octanol–water partition coefficient (Wildman–Crippen LogP) is 2.56. The maximum Gasteiger partial charge on any atom is 0.326 e. The van der Waals surface area contributed by atoms with Crippen LogP contribution < -0.4 is 10.6 Å². The molecule has 1 unspecified atom stereocenters. The van der Waals surface area contributed by atoms with Crippen molar-refractivity contribution in [1.29, 1.82) is 0 Å². The summed E-state index contributed by atoms with van der Waals surface area (Å²) in [5.74, 6) is -0.326. The van der Waals surface area contributed by atoms with E-state index in [9.17, 15) is 9.59 Å². The van der Waals surface area contributed by atoms with Crippen molar-refractivity contribution in [1.82, 2.24) is 10.6 Å². The summed E-state index contributed by atoms with van der Waals surface area (Å²) in [6.45, 7) is 3.85. The number of nitrogens with one attached hydrogen (secondary N) is 2. The minimum Gasteiger partial charge on any atom is -0.480 e. The van der Waals surface area contributed by atoms with Crippen molar-refractivity contribution < 1.29 is 14.7 Å². The zero-order valence-corrected chi connectivity index (χ0v) is 13.4. The van der Waals surface area contributed by atoms with Crippen LogP contribution in [0.25, 0.3) is 0 Å². The summed E-state index contributed by atoms with van der Waals surface area (Å²) in [6.07, 6.45) is 2.31. The number of aryl methyl sites for hydroxylation is 1. The molecule has 0 aliphatic heterocycles. The van der Waals surface area contributed by atoms with Gasteiger partial charge in [0.15, 0.2) is 0 Å². The van der Waals surface area contributed by atoms with Crippen molar-refractivity contribution in [3.63, 3.8) is 0 Å². The zero-order chi connectivity index (χ0) is 15.8. The highest BCUT2D eigenvalue weighted by molar-refractivity contribution is 7.98. The van der Waals surface area contributed by atoms with Crippen molar-refractivity contribution >= 4 is 23.8 Å². The van der Waals surface area contributed by atoms with E-state index in [1.165, 1.54) is 0 Å². The van der Waals surface area contributed by atoms with Crippen LogP contribution in [0.5, 0.6) is 0 Å². The summed E-state index contributed by atoms with van der Waals surface area (Å²) in [4.78, 5) is 23.0. The normalized spacial score (nSPS) is 13.3. The first-order valence-electron chi connectivity index (χ1n) is 6.80. The van der Waals surface area contributed by atoms with Gasteiger partial charge in [-0.1, -0.05) is 24.3 Å². The molecule has 0 fully saturated rings. The van der Waals surface area contributed by atoms with Crippen LogP contribution >= 0.6 is 11.8 Å². The van der Waals surface area contributed by atoms with Gasteiger partial charge < -0.3 is 15.7 Å². The number of carbonyl (C=O) groups is 2. The summed E-state index contributed by atoms with van der Waals surface area (Å²) in [7, 11) is 0. The lowest BCUT2D eigenvalue weighted by molar-refractivity contribution is -0.139. The highest BCUT2D eigenvalue weighted by Gasteiger charge is 2.20. The van der Waals surface area contributed by atoms with Crippen molar-refractivity contribution in [3.05, 3.63) is 35.4 Å². The van der Waals surface area contributed by atoms with Gasteiger partial charge in [-0.2, -0.15) is 11.8 Å². The topological polar surface area (TPSA) is 78.4 Å². The number of aliphatic carboxylic acids is 1. The Kier molecular flexibility index (Phi) is 7.08. The smallest absolute Gasteiger partial charge is 0.326 e. The maximum atomic E-state index is 11.9. The van der Waals surface area contributed by atoms with Gasteiger partial charge in [-0.25, -0.2) is 9.59 Å². The Bertz CT molecular complexity index is 494. The third kappa shape index (κ3) is 5.67. The molecule has 0 saturated carbocycles. The molecule has 0 aliphatic carbocycles. The zero-order valence-electron chi connectivity index (χ0n) is 12.6. The lowest BCUT2D eigenvalue weighted by atomic mass is 10.0. The van der Waals surface area contributed by atoms with Crippen LogP contribution in [-0.2, 0) is 4.79 Å². The number of carbonyl (C=O) groups excluding carboxylic acids is 1. The Hall–Kier alpha value is -1.69. The molecule has 1 aromatic carbocycles. The summed E-state index contributed by atoms with van der Waals surface area (Å²) < 4.78 is 0. The van der Waals surface area contributed by atoms with Gasteiger partial charge in [0, 0.05) is 0 Å². The molecule has 116 valence electrons. The summed E-state index contributed by atoms with van der Waals surface area (Å²) in [5.41, 5.74) is 2.10. The van der Waals surface area contributed by atoms with E-state index >= 15 is 0 Å². The molecular weight excluding hydrogens is 288 g/mol. The molecule has 1 rings (SSSR count). The van der Waals surface area contributed by atoms with Gasteiger partial charge in [-0.15, -0.1) is 0 Å². The number of carboxylic acids is 1. The first-order chi connectivity index (χ1) is 9.95. The largest absolute Gasteiger partial charge is 0.480 e. The van der Waals surface area contributed by atoms with Crippen molar-refractivity contribution in [2.24, 2.45) is 0 Å². The van der Waals surface area contributed by atoms with Gasteiger partial charge in [-0.05, 0) is 43.4 Å². The van der Waals surface area contributed by atoms with E-state index in [4.69, 9.17) is 5.11 Å². The number of thioether (sulfide) groups is 1. The van der Waals surface area contributed by atoms with Crippen molar-refractivity contribution in [2.75, 3.05) is 12.0 Å². The van der Waals surface area contributed by atoms with Crippen molar-refractivity contribution in [3.8, 4) is 0 Å². The van der Waals surface area contributed by atoms with Crippen LogP contribution in [0.4, 0.5) is 4.79 Å². The number of rotatable bonds is 7. The lowest BCUT2D eigenvalue weighted by Crippen LogP contribution is -2.46. The van der Waals surface area contributed by atoms with Gasteiger partial charge in [-0.3, -0.25) is 0 Å². The number of urea groups is 1. The number of amides is 2. The van der Waals surface area contributed by atoms with Gasteiger partial charge in [0.2, 0.25) is 0 Å². The first kappa shape index (κ1) is 17.4. The second kappa shape index (κ2) is 8.56. The minimum atomic E-state index is -1.01. The number of carboxylic acid groups (broad SMARTS) is 1. The summed E-state index contributed by atoms with van der Waals surface area (Å²) >= 11 is 1.55. The van der Waals surface area contributed by atoms with Crippen molar-refractivity contribution in [2.45, 2.75) is 32.4 Å². The fraction of sp³-hybridized carbons (Fsp3) is 0.467. The molecular formula is C15H22N2O3S. The second-order valence-electron chi connectivity index (χ2n) is 4.87. The predicted molar refractivity (Wildman–Crippen MR) is 85.7 cm³/mol. The van der Waals surface area contributed by atoms with Gasteiger partial charge in [0.25, 0.3) is 0 Å². The Morgan fingerprint density at radius 2 is 1.95 bits per heavy atom. The van der Waals surface area contributed by atoms with Gasteiger partial charge >= 0.3 is 12.0 Å². The molecule has 0 radical (unpaired) electrons. The Balaban J connectivity index is 2.59. The van der Waals surface area contributed by atoms with Crippen LogP contribution in [0.1, 0.15) is 30.5 Å². The maximum absolute atomic E-state index is 11.9. The van der Waals surface area contributed by atoms with E-state index < -0.39 is 18.0 Å². The molecule has 0 aliphatic rings.